The van der Waals surface area contributed by atoms with Crippen LogP contribution in [0.1, 0.15) is 37.5 Å². The summed E-state index contributed by atoms with van der Waals surface area (Å²) >= 11 is 5.41. The van der Waals surface area contributed by atoms with Crippen molar-refractivity contribution in [2.75, 3.05) is 31.7 Å². The van der Waals surface area contributed by atoms with E-state index in [-0.39, 0.29) is 59.4 Å². The van der Waals surface area contributed by atoms with Gasteiger partial charge < -0.3 is 49.6 Å². The Kier molecular flexibility index (Phi) is 8.72. The van der Waals surface area contributed by atoms with Gasteiger partial charge in [-0.1, -0.05) is 12.1 Å². The van der Waals surface area contributed by atoms with Crippen LogP contribution in [0.25, 0.3) is 10.9 Å². The highest BCUT2D eigenvalue weighted by Crippen LogP contribution is 2.57. The lowest BCUT2D eigenvalue weighted by atomic mass is 9.77. The first-order chi connectivity index (χ1) is 24.6. The minimum atomic E-state index is -1.37. The van der Waals surface area contributed by atoms with E-state index in [1.165, 1.54) is 36.4 Å². The van der Waals surface area contributed by atoms with Gasteiger partial charge in [-0.15, -0.1) is 0 Å². The molecule has 258 valence electrons. The van der Waals surface area contributed by atoms with E-state index in [1.807, 2.05) is 0 Å². The fourth-order valence-electron chi connectivity index (χ4n) is 5.89. The van der Waals surface area contributed by atoms with E-state index in [4.69, 9.17) is 41.0 Å². The summed E-state index contributed by atoms with van der Waals surface area (Å²) in [6, 6.07) is 21.7. The Balaban J connectivity index is 0.894. The number of carbonyl (C=O) groups is 3. The maximum absolute atomic E-state index is 13.3. The van der Waals surface area contributed by atoms with Crippen molar-refractivity contribution < 1.29 is 53.4 Å². The number of nitrogens with zero attached hydrogens (tertiary/aromatic N) is 1. The zero-order chi connectivity index (χ0) is 35.7. The van der Waals surface area contributed by atoms with Gasteiger partial charge in [0, 0.05) is 46.4 Å². The van der Waals surface area contributed by atoms with Gasteiger partial charge in [0.05, 0.1) is 24.3 Å². The number of esters is 1. The fourth-order valence-corrected chi connectivity index (χ4v) is 6.11. The van der Waals surface area contributed by atoms with Crippen LogP contribution < -0.4 is 20.1 Å². The number of thiocarbonyl (C=S) groups is 1. The molecule has 7 rings (SSSR count). The van der Waals surface area contributed by atoms with Crippen LogP contribution in [0.4, 0.5) is 10.5 Å². The van der Waals surface area contributed by atoms with Crippen LogP contribution in [0.5, 0.6) is 28.7 Å². The van der Waals surface area contributed by atoms with E-state index in [0.29, 0.717) is 45.4 Å². The van der Waals surface area contributed by atoms with E-state index in [2.05, 4.69) is 15.6 Å². The molecule has 0 saturated carbocycles. The van der Waals surface area contributed by atoms with Crippen LogP contribution in [0.15, 0.2) is 84.9 Å². The van der Waals surface area contributed by atoms with Crippen LogP contribution in [-0.2, 0) is 19.8 Å². The van der Waals surface area contributed by atoms with Gasteiger partial charge in [-0.2, -0.15) is 0 Å². The number of aromatic carboxylic acids is 1. The number of aromatic hydroxyl groups is 2. The zero-order valence-electron chi connectivity index (χ0n) is 26.4. The molecule has 4 aromatic carbocycles. The summed E-state index contributed by atoms with van der Waals surface area (Å²) in [6.45, 7) is 0.603. The van der Waals surface area contributed by atoms with Crippen LogP contribution in [-0.4, -0.2) is 69.9 Å². The molecule has 51 heavy (non-hydrogen) atoms. The third-order valence-corrected chi connectivity index (χ3v) is 8.34. The Morgan fingerprint density at radius 1 is 0.843 bits per heavy atom. The van der Waals surface area contributed by atoms with Crippen molar-refractivity contribution in [1.82, 2.24) is 10.3 Å². The van der Waals surface area contributed by atoms with E-state index in [1.54, 1.807) is 48.5 Å². The van der Waals surface area contributed by atoms with Crippen molar-refractivity contribution in [3.8, 4) is 28.7 Å². The van der Waals surface area contributed by atoms with Crippen molar-refractivity contribution in [2.45, 2.75) is 5.60 Å². The second-order valence-corrected chi connectivity index (χ2v) is 11.8. The molecular weight excluding hydrogens is 682 g/mol. The lowest BCUT2D eigenvalue weighted by Crippen LogP contribution is -2.33. The number of benzene rings is 4. The van der Waals surface area contributed by atoms with Gasteiger partial charge in [0.15, 0.2) is 10.7 Å². The monoisotopic (exact) mass is 709 g/mol. The molecule has 0 saturated heterocycles. The number of phenols is 2. The number of nitrogens with one attached hydrogen (secondary N) is 2. The van der Waals surface area contributed by atoms with Crippen molar-refractivity contribution in [3.63, 3.8) is 0 Å². The quantitative estimate of drug-likeness (QED) is 0.0562. The SMILES string of the molecule is O=C(OCCOCCNC(=S)Nc1ccc2c(c1)C(=O)OC21c2ccc(O)cc2Oc2cc(O)ccc21)Oc1ccc2nc(C(=O)O)ccc2c1. The predicted molar refractivity (Wildman–Crippen MR) is 184 cm³/mol. The Hall–Kier alpha value is -6.45. The summed E-state index contributed by atoms with van der Waals surface area (Å²) in [4.78, 5) is 40.5. The highest BCUT2D eigenvalue weighted by atomic mass is 32.1. The van der Waals surface area contributed by atoms with Gasteiger partial charge in [-0.3, -0.25) is 0 Å². The first-order valence-corrected chi connectivity index (χ1v) is 15.9. The zero-order valence-corrected chi connectivity index (χ0v) is 27.2. The normalized spacial score (nSPS) is 13.3. The second-order valence-electron chi connectivity index (χ2n) is 11.3. The minimum Gasteiger partial charge on any atom is -0.508 e. The lowest BCUT2D eigenvalue weighted by Gasteiger charge is -2.36. The van der Waals surface area contributed by atoms with E-state index in [9.17, 15) is 24.6 Å². The van der Waals surface area contributed by atoms with Gasteiger partial charge in [0.2, 0.25) is 0 Å². The molecule has 1 spiro atoms. The number of hydrogen-bond acceptors (Lipinski definition) is 12. The Morgan fingerprint density at radius 2 is 1.57 bits per heavy atom. The first-order valence-electron chi connectivity index (χ1n) is 15.4. The molecule has 2 aliphatic heterocycles. The lowest BCUT2D eigenvalue weighted by molar-refractivity contribution is 0.0223. The molecule has 5 N–H and O–H groups in total. The molecule has 0 fully saturated rings. The number of pyridine rings is 1. The number of rotatable bonds is 9. The number of carboxylic acid groups (broad SMARTS) is 1. The first kappa shape index (κ1) is 33.1. The smallest absolute Gasteiger partial charge is 0.508 e. The summed E-state index contributed by atoms with van der Waals surface area (Å²) in [5.74, 6) is -0.991. The number of anilines is 1. The molecule has 0 aliphatic carbocycles. The summed E-state index contributed by atoms with van der Waals surface area (Å²) in [7, 11) is 0. The molecule has 0 unspecified atom stereocenters. The fraction of sp³-hybridized carbons (Fsp3) is 0.139. The van der Waals surface area contributed by atoms with Crippen LogP contribution >= 0.6 is 12.2 Å². The van der Waals surface area contributed by atoms with Crippen LogP contribution in [0.2, 0.25) is 0 Å². The minimum absolute atomic E-state index is 0.0330. The molecule has 0 amide bonds. The number of hydrogen-bond donors (Lipinski definition) is 5. The molecule has 14 nitrogen and oxygen atoms in total. The standard InChI is InChI=1S/C36H27N3O11S/c40-21-3-7-26-30(17-21)49-31-18-22(41)4-8-27(31)36(26)25-6-2-20(16-24(25)33(44)50-36)38-34(51)37-11-12-46-13-14-47-35(45)48-23-5-10-28-19(15-23)1-9-29(39-28)32(42)43/h1-10,15-18,40-41H,11-14H2,(H,42,43)(H2,37,38,51). The Bertz CT molecular complexity index is 2190. The molecule has 2 aliphatic rings. The number of carbonyl (C=O) groups excluding carboxylic acids is 2. The van der Waals surface area contributed by atoms with Gasteiger partial charge in [0.25, 0.3) is 0 Å². The van der Waals surface area contributed by atoms with E-state index >= 15 is 0 Å². The van der Waals surface area contributed by atoms with Crippen molar-refractivity contribution in [3.05, 3.63) is 113 Å². The maximum Gasteiger partial charge on any atom is 0.513 e. The summed E-state index contributed by atoms with van der Waals surface area (Å²) in [5.41, 5.74) is 1.42. The van der Waals surface area contributed by atoms with Gasteiger partial charge in [-0.05, 0) is 72.9 Å². The number of ether oxygens (including phenoxy) is 5. The van der Waals surface area contributed by atoms with Gasteiger partial charge in [0.1, 0.15) is 41.0 Å². The molecule has 0 radical (unpaired) electrons. The number of fused-ring (bicyclic) bond motifs is 7. The molecular formula is C36H27N3O11S. The number of phenolic OH excluding ortho intramolecular Hbond substituents is 2. The average Bonchev–Trinajstić information content (AvgIpc) is 3.38. The van der Waals surface area contributed by atoms with Crippen molar-refractivity contribution in [2.24, 2.45) is 0 Å². The molecule has 0 atom stereocenters. The number of carboxylic acids is 1. The van der Waals surface area contributed by atoms with Crippen LogP contribution in [0, 0.1) is 0 Å². The van der Waals surface area contributed by atoms with Crippen LogP contribution in [0.3, 0.4) is 0 Å². The molecule has 3 heterocycles. The van der Waals surface area contributed by atoms with Gasteiger partial charge >= 0.3 is 18.1 Å². The summed E-state index contributed by atoms with van der Waals surface area (Å²) in [5, 5.41) is 36.2. The highest BCUT2D eigenvalue weighted by Gasteiger charge is 2.53. The molecule has 15 heteroatoms. The summed E-state index contributed by atoms with van der Waals surface area (Å²) in [6.07, 6.45) is -0.926. The summed E-state index contributed by atoms with van der Waals surface area (Å²) < 4.78 is 27.8. The maximum atomic E-state index is 13.3. The third-order valence-electron chi connectivity index (χ3n) is 8.09. The Morgan fingerprint density at radius 3 is 2.29 bits per heavy atom. The van der Waals surface area contributed by atoms with Crippen molar-refractivity contribution >= 4 is 52.0 Å². The average molecular weight is 710 g/mol. The number of aromatic nitrogens is 1. The van der Waals surface area contributed by atoms with E-state index in [0.717, 1.165) is 0 Å². The molecule has 0 bridgehead atoms. The van der Waals surface area contributed by atoms with Crippen molar-refractivity contribution in [1.29, 1.82) is 0 Å². The molecule has 1 aromatic heterocycles. The topological polar surface area (TPSA) is 195 Å². The predicted octanol–water partition coefficient (Wildman–Crippen LogP) is 5.43. The van der Waals surface area contributed by atoms with E-state index < -0.39 is 23.7 Å². The van der Waals surface area contributed by atoms with Gasteiger partial charge in [-0.25, -0.2) is 19.4 Å². The highest BCUT2D eigenvalue weighted by molar-refractivity contribution is 7.80. The molecule has 5 aromatic rings. The third kappa shape index (κ3) is 6.50. The largest absolute Gasteiger partial charge is 0.513 e. The second kappa shape index (κ2) is 13.5. The Labute approximate surface area is 294 Å².